The van der Waals surface area contributed by atoms with Gasteiger partial charge in [0.15, 0.2) is 0 Å². The molecule has 0 fully saturated rings. The largest absolute Gasteiger partial charge is 0.337 e. The summed E-state index contributed by atoms with van der Waals surface area (Å²) in [5.74, 6) is 0.0813. The van der Waals surface area contributed by atoms with E-state index in [9.17, 15) is 13.2 Å². The number of aryl methyl sites for hydroxylation is 2. The van der Waals surface area contributed by atoms with E-state index in [1.165, 1.54) is 28.2 Å². The first-order chi connectivity index (χ1) is 17.1. The van der Waals surface area contributed by atoms with Crippen molar-refractivity contribution in [2.45, 2.75) is 32.6 Å². The summed E-state index contributed by atoms with van der Waals surface area (Å²) < 4.78 is 35.3. The lowest BCUT2D eigenvalue weighted by atomic mass is 10.2. The van der Waals surface area contributed by atoms with Crippen molar-refractivity contribution in [3.63, 3.8) is 0 Å². The van der Waals surface area contributed by atoms with Crippen molar-refractivity contribution in [2.24, 2.45) is 4.99 Å². The molecule has 0 unspecified atom stereocenters. The third-order valence-corrected chi connectivity index (χ3v) is 8.10. The molecule has 2 N–H and O–H groups in total. The second kappa shape index (κ2) is 8.88. The summed E-state index contributed by atoms with van der Waals surface area (Å²) in [6, 6.07) is 13.7. The van der Waals surface area contributed by atoms with Crippen molar-refractivity contribution in [1.29, 1.82) is 0 Å². The molecule has 3 heterocycles. The number of hydrogen-bond donors (Lipinski definition) is 2. The van der Waals surface area contributed by atoms with Crippen LogP contribution in [0.1, 0.15) is 29.4 Å². The fraction of sp³-hybridized carbons (Fsp3) is 0.167. The molecule has 0 amide bonds. The highest BCUT2D eigenvalue weighted by molar-refractivity contribution is 7.92. The third kappa shape index (κ3) is 4.25. The van der Waals surface area contributed by atoms with E-state index in [4.69, 9.17) is 4.52 Å². The van der Waals surface area contributed by atoms with Crippen LogP contribution in [0.25, 0.3) is 15.3 Å². The number of thiazole rings is 1. The van der Waals surface area contributed by atoms with Crippen molar-refractivity contribution in [3.8, 4) is 5.13 Å². The van der Waals surface area contributed by atoms with Crippen LogP contribution in [0.4, 0.5) is 11.6 Å². The summed E-state index contributed by atoms with van der Waals surface area (Å²) in [5.41, 5.74) is 3.88. The van der Waals surface area contributed by atoms with Crippen LogP contribution in [0.3, 0.4) is 0 Å². The maximum absolute atomic E-state index is 13.2. The number of nitrogens with one attached hydrogen (secondary N) is 2. The molecule has 0 aliphatic carbocycles. The van der Waals surface area contributed by atoms with Crippen LogP contribution >= 0.6 is 11.3 Å². The van der Waals surface area contributed by atoms with Gasteiger partial charge in [-0.25, -0.2) is 18.1 Å². The van der Waals surface area contributed by atoms with Crippen LogP contribution in [0.2, 0.25) is 0 Å². The summed E-state index contributed by atoms with van der Waals surface area (Å²) in [7, 11) is -3.87. The molecular formula is C24H22N6O4S2. The number of nitrogens with zero attached hydrogens (tertiary/aromatic N) is 4. The Morgan fingerprint density at radius 2 is 1.83 bits per heavy atom. The minimum absolute atomic E-state index is 0.0450. The van der Waals surface area contributed by atoms with Gasteiger partial charge in [-0.1, -0.05) is 28.6 Å². The van der Waals surface area contributed by atoms with Gasteiger partial charge in [0.1, 0.15) is 0 Å². The molecule has 3 aromatic heterocycles. The van der Waals surface area contributed by atoms with E-state index < -0.39 is 10.0 Å². The van der Waals surface area contributed by atoms with E-state index in [0.29, 0.717) is 39.0 Å². The Morgan fingerprint density at radius 1 is 1.11 bits per heavy atom. The molecule has 0 saturated carbocycles. The van der Waals surface area contributed by atoms with Crippen molar-refractivity contribution in [3.05, 3.63) is 81.4 Å². The Kier molecular flexibility index (Phi) is 5.85. The van der Waals surface area contributed by atoms with Gasteiger partial charge >= 0.3 is 0 Å². The van der Waals surface area contributed by atoms with Gasteiger partial charge in [-0.2, -0.15) is 4.68 Å². The van der Waals surface area contributed by atoms with Crippen molar-refractivity contribution in [2.75, 3.05) is 4.72 Å². The number of aliphatic imine (C=N–C) groups is 1. The minimum Gasteiger partial charge on any atom is -0.337 e. The van der Waals surface area contributed by atoms with E-state index in [2.05, 4.69) is 25.0 Å². The third-order valence-electron chi connectivity index (χ3n) is 5.74. The zero-order valence-corrected chi connectivity index (χ0v) is 21.5. The number of benzene rings is 2. The summed E-state index contributed by atoms with van der Waals surface area (Å²) in [6.45, 7) is 6.99. The molecular weight excluding hydrogens is 500 g/mol. The van der Waals surface area contributed by atoms with Crippen LogP contribution in [0.5, 0.6) is 0 Å². The van der Waals surface area contributed by atoms with E-state index in [1.807, 2.05) is 24.3 Å². The zero-order valence-electron chi connectivity index (χ0n) is 19.9. The van der Waals surface area contributed by atoms with Gasteiger partial charge in [-0.05, 0) is 64.1 Å². The Morgan fingerprint density at radius 3 is 2.50 bits per heavy atom. The highest BCUT2D eigenvalue weighted by Gasteiger charge is 2.20. The monoisotopic (exact) mass is 522 g/mol. The predicted molar refractivity (Wildman–Crippen MR) is 139 cm³/mol. The molecule has 36 heavy (non-hydrogen) atoms. The molecule has 0 spiro atoms. The maximum Gasteiger partial charge on any atom is 0.282 e. The number of rotatable bonds is 6. The Labute approximate surface area is 210 Å². The first kappa shape index (κ1) is 23.7. The van der Waals surface area contributed by atoms with Gasteiger partial charge in [0.2, 0.25) is 11.0 Å². The molecule has 10 nitrogen and oxygen atoms in total. The van der Waals surface area contributed by atoms with E-state index in [0.717, 1.165) is 10.2 Å². The first-order valence-electron chi connectivity index (χ1n) is 10.9. The lowest BCUT2D eigenvalue weighted by Gasteiger charge is -2.06. The zero-order chi connectivity index (χ0) is 25.6. The minimum atomic E-state index is -3.87. The van der Waals surface area contributed by atoms with Crippen LogP contribution in [0.15, 0.2) is 67.7 Å². The fourth-order valence-electron chi connectivity index (χ4n) is 3.70. The molecule has 0 aliphatic rings. The van der Waals surface area contributed by atoms with E-state index >= 15 is 0 Å². The number of H-pyrrole nitrogens is 1. The SMILES string of the molecule is CC(=Nc1ccc(S(=O)(=O)Nc2onc(C)c2C)cc1)c1c(C)[nH]n(-c2nc3ccccc3s2)c1=O. The van der Waals surface area contributed by atoms with Gasteiger partial charge < -0.3 is 4.52 Å². The van der Waals surface area contributed by atoms with Gasteiger partial charge in [-0.15, -0.1) is 0 Å². The van der Waals surface area contributed by atoms with Crippen molar-refractivity contribution >= 4 is 48.9 Å². The molecule has 0 bridgehead atoms. The van der Waals surface area contributed by atoms with Crippen LogP contribution < -0.4 is 10.3 Å². The van der Waals surface area contributed by atoms with Gasteiger partial charge in [0.05, 0.1) is 37.8 Å². The van der Waals surface area contributed by atoms with Crippen LogP contribution in [-0.2, 0) is 10.0 Å². The summed E-state index contributed by atoms with van der Waals surface area (Å²) >= 11 is 1.42. The number of anilines is 1. The summed E-state index contributed by atoms with van der Waals surface area (Å²) in [5, 5.41) is 7.39. The Hall–Kier alpha value is -4.03. The normalized spacial score (nSPS) is 12.4. The van der Waals surface area contributed by atoms with Gasteiger partial charge in [-0.3, -0.25) is 14.9 Å². The Balaban J connectivity index is 1.42. The number of sulfonamides is 1. The first-order valence-corrected chi connectivity index (χ1v) is 13.2. The van der Waals surface area contributed by atoms with Gasteiger partial charge in [0.25, 0.3) is 15.6 Å². The lowest BCUT2D eigenvalue weighted by Crippen LogP contribution is -2.19. The summed E-state index contributed by atoms with van der Waals surface area (Å²) in [4.78, 5) is 22.3. The predicted octanol–water partition coefficient (Wildman–Crippen LogP) is 4.63. The van der Waals surface area contributed by atoms with Crippen LogP contribution in [0, 0.1) is 20.8 Å². The number of aromatic nitrogens is 4. The number of hydrogen-bond acceptors (Lipinski definition) is 8. The smallest absolute Gasteiger partial charge is 0.282 e. The molecule has 184 valence electrons. The maximum atomic E-state index is 13.2. The molecule has 0 saturated heterocycles. The van der Waals surface area contributed by atoms with Crippen molar-refractivity contribution in [1.82, 2.24) is 19.9 Å². The van der Waals surface area contributed by atoms with Gasteiger partial charge in [0, 0.05) is 11.3 Å². The molecule has 12 heteroatoms. The molecule has 0 atom stereocenters. The van der Waals surface area contributed by atoms with Crippen LogP contribution in [-0.4, -0.2) is 34.1 Å². The quantitative estimate of drug-likeness (QED) is 0.312. The lowest BCUT2D eigenvalue weighted by molar-refractivity contribution is 0.430. The highest BCUT2D eigenvalue weighted by Crippen LogP contribution is 2.25. The van der Waals surface area contributed by atoms with E-state index in [-0.39, 0.29) is 16.3 Å². The molecule has 2 aromatic carbocycles. The molecule has 5 rings (SSSR count). The highest BCUT2D eigenvalue weighted by atomic mass is 32.2. The number of para-hydroxylation sites is 1. The van der Waals surface area contributed by atoms with E-state index in [1.54, 1.807) is 39.8 Å². The summed E-state index contributed by atoms with van der Waals surface area (Å²) in [6.07, 6.45) is 0. The Bertz CT molecular complexity index is 1760. The number of aromatic amines is 1. The molecule has 5 aromatic rings. The van der Waals surface area contributed by atoms with Crippen molar-refractivity contribution < 1.29 is 12.9 Å². The average molecular weight is 523 g/mol. The second-order valence-corrected chi connectivity index (χ2v) is 10.9. The topological polar surface area (TPSA) is 135 Å². The molecule has 0 radical (unpaired) electrons. The average Bonchev–Trinajstić information content (AvgIpc) is 3.50. The standard InChI is InChI=1S/C24H22N6O4S2/c1-13-14(2)28-34-22(13)29-36(32,33)18-11-9-17(10-12-18)25-15(3)21-16(4)27-30(23(21)31)24-26-19-7-5-6-8-20(19)35-24/h5-12,27,29H,1-4H3. The fourth-order valence-corrected chi connectivity index (χ4v) is 5.68. The second-order valence-electron chi connectivity index (χ2n) is 8.24. The molecule has 0 aliphatic heterocycles. The number of fused-ring (bicyclic) bond motifs is 1.